The highest BCUT2D eigenvalue weighted by atomic mass is 127. The molecule has 0 bridgehead atoms. The van der Waals surface area contributed by atoms with E-state index in [1.807, 2.05) is 0 Å². The Balaban J connectivity index is 2.45. The SMILES string of the molecule is ICC[N]CCI. The highest BCUT2D eigenvalue weighted by Crippen LogP contribution is 1.80. The topological polar surface area (TPSA) is 14.1 Å². The van der Waals surface area contributed by atoms with E-state index >= 15 is 0 Å². The van der Waals surface area contributed by atoms with Crippen LogP contribution in [-0.2, 0) is 0 Å². The van der Waals surface area contributed by atoms with E-state index in [1.165, 1.54) is 0 Å². The zero-order valence-electron chi connectivity index (χ0n) is 4.03. The van der Waals surface area contributed by atoms with Gasteiger partial charge in [-0.25, -0.2) is 5.32 Å². The molecule has 0 aromatic heterocycles. The number of alkyl halides is 2. The number of nitrogens with zero attached hydrogens (tertiary/aromatic N) is 1. The van der Waals surface area contributed by atoms with Crippen molar-refractivity contribution < 1.29 is 0 Å². The van der Waals surface area contributed by atoms with Crippen molar-refractivity contribution in [2.75, 3.05) is 21.9 Å². The third kappa shape index (κ3) is 7.42. The molecule has 0 aromatic carbocycles. The van der Waals surface area contributed by atoms with Crippen LogP contribution in [0.2, 0.25) is 0 Å². The van der Waals surface area contributed by atoms with Crippen LogP contribution in [0.5, 0.6) is 0 Å². The molecule has 0 saturated carbocycles. The lowest BCUT2D eigenvalue weighted by Crippen LogP contribution is -2.09. The molecule has 0 atom stereocenters. The van der Waals surface area contributed by atoms with Gasteiger partial charge in [0, 0.05) is 21.9 Å². The largest absolute Gasteiger partial charge is 0.240 e. The highest BCUT2D eigenvalue weighted by Gasteiger charge is 1.80. The van der Waals surface area contributed by atoms with Gasteiger partial charge in [0.2, 0.25) is 0 Å². The maximum absolute atomic E-state index is 4.19. The maximum Gasteiger partial charge on any atom is 0.0223 e. The summed E-state index contributed by atoms with van der Waals surface area (Å²) in [5.41, 5.74) is 0. The Kier molecular flexibility index (Phi) is 8.93. The molecule has 43 valence electrons. The predicted octanol–water partition coefficient (Wildman–Crippen LogP) is 1.46. The molecular weight excluding hydrogens is 316 g/mol. The summed E-state index contributed by atoms with van der Waals surface area (Å²) in [6.45, 7) is 2.06. The van der Waals surface area contributed by atoms with Crippen LogP contribution in [0.4, 0.5) is 0 Å². The molecule has 0 amide bonds. The second-order valence-electron chi connectivity index (χ2n) is 1.05. The lowest BCUT2D eigenvalue weighted by molar-refractivity contribution is 0.768. The van der Waals surface area contributed by atoms with Crippen LogP contribution in [0.1, 0.15) is 0 Å². The van der Waals surface area contributed by atoms with Crippen LogP contribution in [-0.4, -0.2) is 21.9 Å². The van der Waals surface area contributed by atoms with Gasteiger partial charge in [-0.3, -0.25) is 0 Å². The fourth-order valence-electron chi connectivity index (χ4n) is 0.231. The van der Waals surface area contributed by atoms with Gasteiger partial charge in [-0.1, -0.05) is 45.2 Å². The lowest BCUT2D eigenvalue weighted by Gasteiger charge is -1.91. The molecule has 0 rings (SSSR count). The molecule has 0 aliphatic carbocycles. The van der Waals surface area contributed by atoms with E-state index in [1.54, 1.807) is 0 Å². The Bertz CT molecular complexity index is 28.9. The third-order valence-electron chi connectivity index (χ3n) is 0.485. The van der Waals surface area contributed by atoms with Crippen molar-refractivity contribution >= 4 is 45.2 Å². The number of hydrogen-bond donors (Lipinski definition) is 0. The van der Waals surface area contributed by atoms with Crippen molar-refractivity contribution in [2.24, 2.45) is 0 Å². The van der Waals surface area contributed by atoms with Crippen LogP contribution in [0.25, 0.3) is 0 Å². The zero-order chi connectivity index (χ0) is 5.54. The van der Waals surface area contributed by atoms with Crippen LogP contribution >= 0.6 is 45.2 Å². The van der Waals surface area contributed by atoms with E-state index in [-0.39, 0.29) is 0 Å². The van der Waals surface area contributed by atoms with Crippen LogP contribution in [0, 0.1) is 0 Å². The van der Waals surface area contributed by atoms with E-state index in [0.29, 0.717) is 0 Å². The van der Waals surface area contributed by atoms with Crippen molar-refractivity contribution in [1.29, 1.82) is 0 Å². The first-order chi connectivity index (χ1) is 3.41. The fraction of sp³-hybridized carbons (Fsp3) is 1.00. The first-order valence-corrected chi connectivity index (χ1v) is 5.22. The summed E-state index contributed by atoms with van der Waals surface area (Å²) in [5.74, 6) is 0. The van der Waals surface area contributed by atoms with Gasteiger partial charge in [0.15, 0.2) is 0 Å². The summed E-state index contributed by atoms with van der Waals surface area (Å²) in [6, 6.07) is 0. The molecule has 0 aliphatic heterocycles. The number of halogens is 2. The van der Waals surface area contributed by atoms with Gasteiger partial charge in [0.05, 0.1) is 0 Å². The molecule has 0 spiro atoms. The van der Waals surface area contributed by atoms with Crippen molar-refractivity contribution in [3.05, 3.63) is 0 Å². The number of rotatable bonds is 4. The zero-order valence-corrected chi connectivity index (χ0v) is 8.35. The molecule has 0 aliphatic rings. The molecule has 0 N–H and O–H groups in total. The fourth-order valence-corrected chi connectivity index (χ4v) is 0.914. The second kappa shape index (κ2) is 7.42. The van der Waals surface area contributed by atoms with Gasteiger partial charge in [0.25, 0.3) is 0 Å². The van der Waals surface area contributed by atoms with Crippen LogP contribution in [0.3, 0.4) is 0 Å². The smallest absolute Gasteiger partial charge is 0.0223 e. The Hall–Kier alpha value is 1.42. The Morgan fingerprint density at radius 1 is 1.00 bits per heavy atom. The first kappa shape index (κ1) is 8.42. The maximum atomic E-state index is 4.19. The molecule has 0 fully saturated rings. The minimum atomic E-state index is 1.03. The summed E-state index contributed by atoms with van der Waals surface area (Å²) in [5, 5.41) is 4.19. The Labute approximate surface area is 71.9 Å². The van der Waals surface area contributed by atoms with Gasteiger partial charge < -0.3 is 0 Å². The second-order valence-corrected chi connectivity index (χ2v) is 3.21. The first-order valence-electron chi connectivity index (χ1n) is 2.17. The van der Waals surface area contributed by atoms with E-state index in [9.17, 15) is 0 Å². The average Bonchev–Trinajstić information content (AvgIpc) is 1.69. The molecular formula is C4H8I2N. The predicted molar refractivity (Wildman–Crippen MR) is 49.6 cm³/mol. The third-order valence-corrected chi connectivity index (χ3v) is 1.45. The highest BCUT2D eigenvalue weighted by molar-refractivity contribution is 14.1. The van der Waals surface area contributed by atoms with Crippen LogP contribution in [0.15, 0.2) is 0 Å². The summed E-state index contributed by atoms with van der Waals surface area (Å²) in [4.78, 5) is 0. The minimum absolute atomic E-state index is 1.03. The summed E-state index contributed by atoms with van der Waals surface area (Å²) < 4.78 is 2.32. The van der Waals surface area contributed by atoms with Crippen LogP contribution < -0.4 is 5.32 Å². The van der Waals surface area contributed by atoms with Gasteiger partial charge in [-0.2, -0.15) is 0 Å². The van der Waals surface area contributed by atoms with E-state index in [2.05, 4.69) is 50.5 Å². The minimum Gasteiger partial charge on any atom is -0.240 e. The molecule has 0 aromatic rings. The normalized spacial score (nSPS) is 9.43. The van der Waals surface area contributed by atoms with Gasteiger partial charge in [0.1, 0.15) is 0 Å². The van der Waals surface area contributed by atoms with Gasteiger partial charge in [-0.05, 0) is 0 Å². The van der Waals surface area contributed by atoms with Gasteiger partial charge in [-0.15, -0.1) is 0 Å². The molecule has 0 saturated heterocycles. The van der Waals surface area contributed by atoms with E-state index < -0.39 is 0 Å². The quantitative estimate of drug-likeness (QED) is 0.422. The molecule has 3 heteroatoms. The molecule has 0 heterocycles. The van der Waals surface area contributed by atoms with E-state index in [4.69, 9.17) is 0 Å². The van der Waals surface area contributed by atoms with Crippen molar-refractivity contribution in [3.8, 4) is 0 Å². The monoisotopic (exact) mass is 324 g/mol. The molecule has 7 heavy (non-hydrogen) atoms. The average molecular weight is 324 g/mol. The van der Waals surface area contributed by atoms with Crippen molar-refractivity contribution in [3.63, 3.8) is 0 Å². The molecule has 0 unspecified atom stereocenters. The summed E-state index contributed by atoms with van der Waals surface area (Å²) in [7, 11) is 0. The Morgan fingerprint density at radius 2 is 1.43 bits per heavy atom. The summed E-state index contributed by atoms with van der Waals surface area (Å²) in [6.07, 6.45) is 0. The van der Waals surface area contributed by atoms with Gasteiger partial charge >= 0.3 is 0 Å². The lowest BCUT2D eigenvalue weighted by atomic mass is 10.7. The molecule has 1 radical (unpaired) electrons. The molecule has 1 nitrogen and oxygen atoms in total. The standard InChI is InChI=1S/C4H8I2N/c5-1-3-7-4-2-6/h1-4H2. The Morgan fingerprint density at radius 3 is 1.71 bits per heavy atom. The van der Waals surface area contributed by atoms with E-state index in [0.717, 1.165) is 21.9 Å². The van der Waals surface area contributed by atoms with Crippen molar-refractivity contribution in [1.82, 2.24) is 5.32 Å². The number of hydrogen-bond acceptors (Lipinski definition) is 0. The van der Waals surface area contributed by atoms with Crippen molar-refractivity contribution in [2.45, 2.75) is 0 Å². The summed E-state index contributed by atoms with van der Waals surface area (Å²) >= 11 is 4.66.